The van der Waals surface area contributed by atoms with Gasteiger partial charge in [-0.2, -0.15) is 0 Å². The maximum Gasteiger partial charge on any atom is 0.160 e. The number of rotatable bonds is 2. The molecule has 0 amide bonds. The summed E-state index contributed by atoms with van der Waals surface area (Å²) in [5.74, 6) is 0.885. The molecule has 2 aliphatic rings. The van der Waals surface area contributed by atoms with E-state index in [4.69, 9.17) is 4.74 Å². The fourth-order valence-corrected chi connectivity index (χ4v) is 4.90. The summed E-state index contributed by atoms with van der Waals surface area (Å²) < 4.78 is 5.23. The molecule has 4 atom stereocenters. The highest BCUT2D eigenvalue weighted by Crippen LogP contribution is 2.58. The second-order valence-corrected chi connectivity index (χ2v) is 7.41. The fraction of sp³-hybridized carbons (Fsp3) is 0.667. The van der Waals surface area contributed by atoms with Gasteiger partial charge in [0.25, 0.3) is 0 Å². The summed E-state index contributed by atoms with van der Waals surface area (Å²) in [7, 11) is 1.56. The van der Waals surface area contributed by atoms with Crippen LogP contribution in [-0.4, -0.2) is 35.1 Å². The fourth-order valence-electron chi connectivity index (χ4n) is 4.90. The van der Waals surface area contributed by atoms with Crippen LogP contribution in [-0.2, 0) is 11.8 Å². The third-order valence-electron chi connectivity index (χ3n) is 6.33. The van der Waals surface area contributed by atoms with E-state index in [1.165, 1.54) is 5.56 Å². The first-order chi connectivity index (χ1) is 10.4. The minimum atomic E-state index is -0.486. The van der Waals surface area contributed by atoms with Gasteiger partial charge < -0.3 is 20.1 Å². The van der Waals surface area contributed by atoms with Crippen LogP contribution >= 0.6 is 0 Å². The Morgan fingerprint density at radius 1 is 1.27 bits per heavy atom. The van der Waals surface area contributed by atoms with Crippen molar-refractivity contribution in [3.05, 3.63) is 23.3 Å². The maximum atomic E-state index is 10.4. The molecule has 4 nitrogen and oxygen atoms in total. The van der Waals surface area contributed by atoms with Gasteiger partial charge in [-0.25, -0.2) is 0 Å². The first kappa shape index (κ1) is 15.6. The van der Waals surface area contributed by atoms with Gasteiger partial charge >= 0.3 is 0 Å². The molecule has 0 aliphatic heterocycles. The smallest absolute Gasteiger partial charge is 0.160 e. The van der Waals surface area contributed by atoms with Gasteiger partial charge in [-0.1, -0.05) is 13.8 Å². The first-order valence-electron chi connectivity index (χ1n) is 8.06. The number of methoxy groups -OCH3 is 1. The number of aliphatic hydroxyl groups is 2. The summed E-state index contributed by atoms with van der Waals surface area (Å²) in [5, 5.41) is 30.6. The third-order valence-corrected chi connectivity index (χ3v) is 6.33. The van der Waals surface area contributed by atoms with Crippen molar-refractivity contribution in [3.63, 3.8) is 0 Å². The molecule has 0 aromatic heterocycles. The van der Waals surface area contributed by atoms with Crippen molar-refractivity contribution < 1.29 is 20.1 Å². The lowest BCUT2D eigenvalue weighted by Crippen LogP contribution is -2.56. The highest BCUT2D eigenvalue weighted by molar-refractivity contribution is 5.51. The number of aliphatic hydroxyl groups excluding tert-OH is 2. The molecule has 3 N–H and O–H groups in total. The van der Waals surface area contributed by atoms with Gasteiger partial charge in [0.15, 0.2) is 11.5 Å². The number of phenolic OH excluding ortho intramolecular Hbond substituents is 1. The Morgan fingerprint density at radius 3 is 2.64 bits per heavy atom. The predicted octanol–water partition coefficient (Wildman–Crippen LogP) is 2.37. The molecule has 0 saturated heterocycles. The zero-order valence-corrected chi connectivity index (χ0v) is 13.6. The van der Waals surface area contributed by atoms with E-state index in [9.17, 15) is 15.3 Å². The van der Waals surface area contributed by atoms with Gasteiger partial charge in [0.2, 0.25) is 0 Å². The number of aromatic hydroxyl groups is 1. The second kappa shape index (κ2) is 5.14. The molecule has 0 unspecified atom stereocenters. The number of ether oxygens (including phenoxy) is 1. The average Bonchev–Trinajstić information content (AvgIpc) is 2.51. The summed E-state index contributed by atoms with van der Waals surface area (Å²) in [6.45, 7) is 4.20. The topological polar surface area (TPSA) is 69.9 Å². The van der Waals surface area contributed by atoms with Crippen molar-refractivity contribution in [2.75, 3.05) is 13.7 Å². The van der Waals surface area contributed by atoms with E-state index < -0.39 is 11.5 Å². The lowest BCUT2D eigenvalue weighted by molar-refractivity contribution is -0.110. The number of hydrogen-bond acceptors (Lipinski definition) is 4. The normalized spacial score (nSPS) is 37.3. The zero-order chi connectivity index (χ0) is 16.1. The summed E-state index contributed by atoms with van der Waals surface area (Å²) in [4.78, 5) is 0. The Balaban J connectivity index is 2.12. The van der Waals surface area contributed by atoms with Gasteiger partial charge in [0.05, 0.1) is 19.8 Å². The van der Waals surface area contributed by atoms with Crippen molar-refractivity contribution in [2.24, 2.45) is 11.3 Å². The van der Waals surface area contributed by atoms with Crippen LogP contribution in [0.4, 0.5) is 0 Å². The number of benzene rings is 1. The van der Waals surface area contributed by atoms with Gasteiger partial charge in [-0.3, -0.25) is 0 Å². The van der Waals surface area contributed by atoms with Crippen LogP contribution in [0, 0.1) is 11.3 Å². The molecular weight excluding hydrogens is 280 g/mol. The average molecular weight is 306 g/mol. The van der Waals surface area contributed by atoms with E-state index in [1.54, 1.807) is 7.11 Å². The molecule has 122 valence electrons. The summed E-state index contributed by atoms with van der Waals surface area (Å²) in [5.41, 5.74) is 1.74. The van der Waals surface area contributed by atoms with Gasteiger partial charge in [0, 0.05) is 5.41 Å². The molecule has 0 bridgehead atoms. The van der Waals surface area contributed by atoms with E-state index in [0.717, 1.165) is 24.8 Å². The Bertz CT molecular complexity index is 585. The van der Waals surface area contributed by atoms with E-state index in [-0.39, 0.29) is 23.7 Å². The van der Waals surface area contributed by atoms with Crippen LogP contribution in [0.1, 0.15) is 44.2 Å². The van der Waals surface area contributed by atoms with Gasteiger partial charge in [-0.15, -0.1) is 0 Å². The third kappa shape index (κ3) is 1.97. The van der Waals surface area contributed by atoms with Crippen LogP contribution in [0.3, 0.4) is 0 Å². The Hall–Kier alpha value is -1.26. The standard InChI is InChI=1S/C18H26O4/c1-17-7-6-16(21)18(2,10-19)15(17)5-4-11-8-14(22-3)13(20)9-12(11)17/h8-9,15-16,19-21H,4-7,10H2,1-3H3/t15-,16-,17-,18+/m1/s1. The molecule has 1 aromatic rings. The second-order valence-electron chi connectivity index (χ2n) is 7.41. The Morgan fingerprint density at radius 2 is 2.00 bits per heavy atom. The lowest BCUT2D eigenvalue weighted by Gasteiger charge is -2.56. The monoisotopic (exact) mass is 306 g/mol. The van der Waals surface area contributed by atoms with Crippen molar-refractivity contribution in [2.45, 2.75) is 51.0 Å². The quantitative estimate of drug-likeness (QED) is 0.784. The summed E-state index contributed by atoms with van der Waals surface area (Å²) >= 11 is 0. The largest absolute Gasteiger partial charge is 0.504 e. The molecule has 22 heavy (non-hydrogen) atoms. The SMILES string of the molecule is COc1cc2c(cc1O)[C@@]1(C)CC[C@@H](O)[C@@](C)(CO)[C@@H]1CC2. The van der Waals surface area contributed by atoms with Gasteiger partial charge in [0.1, 0.15) is 0 Å². The van der Waals surface area contributed by atoms with Crippen molar-refractivity contribution in [3.8, 4) is 11.5 Å². The van der Waals surface area contributed by atoms with E-state index >= 15 is 0 Å². The number of aryl methyl sites for hydroxylation is 1. The minimum Gasteiger partial charge on any atom is -0.504 e. The minimum absolute atomic E-state index is 0.00804. The predicted molar refractivity (Wildman–Crippen MR) is 84.3 cm³/mol. The van der Waals surface area contributed by atoms with E-state index in [0.29, 0.717) is 12.2 Å². The summed E-state index contributed by atoms with van der Waals surface area (Å²) in [6, 6.07) is 3.77. The Labute approximate surface area is 131 Å². The molecule has 2 aliphatic carbocycles. The van der Waals surface area contributed by atoms with Gasteiger partial charge in [-0.05, 0) is 60.3 Å². The molecule has 1 aromatic carbocycles. The van der Waals surface area contributed by atoms with E-state index in [2.05, 4.69) is 6.92 Å². The lowest BCUT2D eigenvalue weighted by atomic mass is 9.49. The molecule has 4 heteroatoms. The number of fused-ring (bicyclic) bond motifs is 3. The van der Waals surface area contributed by atoms with Crippen LogP contribution in [0.2, 0.25) is 0 Å². The van der Waals surface area contributed by atoms with Crippen LogP contribution in [0.25, 0.3) is 0 Å². The zero-order valence-electron chi connectivity index (χ0n) is 13.6. The highest BCUT2D eigenvalue weighted by Gasteiger charge is 2.55. The molecule has 1 saturated carbocycles. The van der Waals surface area contributed by atoms with Crippen LogP contribution in [0.5, 0.6) is 11.5 Å². The Kier molecular flexibility index (Phi) is 3.65. The number of hydrogen-bond donors (Lipinski definition) is 3. The maximum absolute atomic E-state index is 10.4. The van der Waals surface area contributed by atoms with Crippen molar-refractivity contribution in [1.29, 1.82) is 0 Å². The highest BCUT2D eigenvalue weighted by atomic mass is 16.5. The number of phenols is 1. The molecule has 1 fully saturated rings. The summed E-state index contributed by atoms with van der Waals surface area (Å²) in [6.07, 6.45) is 2.90. The van der Waals surface area contributed by atoms with Crippen molar-refractivity contribution >= 4 is 0 Å². The molecule has 0 spiro atoms. The molecule has 0 radical (unpaired) electrons. The van der Waals surface area contributed by atoms with Crippen LogP contribution < -0.4 is 4.74 Å². The molecule has 3 rings (SSSR count). The first-order valence-corrected chi connectivity index (χ1v) is 8.06. The van der Waals surface area contributed by atoms with E-state index in [1.807, 2.05) is 19.1 Å². The van der Waals surface area contributed by atoms with Crippen LogP contribution in [0.15, 0.2) is 12.1 Å². The molecular formula is C18H26O4. The van der Waals surface area contributed by atoms with Crippen molar-refractivity contribution in [1.82, 2.24) is 0 Å². The molecule has 0 heterocycles.